The van der Waals surface area contributed by atoms with Gasteiger partial charge in [-0.15, -0.1) is 0 Å². The molecular weight excluding hydrogens is 262 g/mol. The van der Waals surface area contributed by atoms with Crippen molar-refractivity contribution in [3.05, 3.63) is 29.3 Å². The van der Waals surface area contributed by atoms with E-state index in [2.05, 4.69) is 38.2 Å². The molecule has 0 radical (unpaired) electrons. The number of rotatable bonds is 2. The zero-order chi connectivity index (χ0) is 15.0. The van der Waals surface area contributed by atoms with Crippen LogP contribution in [-0.2, 0) is 4.79 Å². The molecule has 3 rings (SSSR count). The van der Waals surface area contributed by atoms with E-state index in [9.17, 15) is 4.79 Å². The monoisotopic (exact) mass is 287 g/mol. The Morgan fingerprint density at radius 2 is 2.00 bits per heavy atom. The van der Waals surface area contributed by atoms with Crippen LogP contribution in [0.2, 0.25) is 0 Å². The van der Waals surface area contributed by atoms with E-state index in [0.29, 0.717) is 0 Å². The quantitative estimate of drug-likeness (QED) is 0.895. The molecule has 1 amide bonds. The van der Waals surface area contributed by atoms with E-state index in [1.807, 2.05) is 6.07 Å². The zero-order valence-electron chi connectivity index (χ0n) is 13.2. The lowest BCUT2D eigenvalue weighted by Crippen LogP contribution is -2.42. The Bertz CT molecular complexity index is 544. The Morgan fingerprint density at radius 3 is 2.71 bits per heavy atom. The van der Waals surface area contributed by atoms with Gasteiger partial charge >= 0.3 is 0 Å². The van der Waals surface area contributed by atoms with Crippen molar-refractivity contribution >= 4 is 5.91 Å². The first-order valence-electron chi connectivity index (χ1n) is 8.04. The predicted molar refractivity (Wildman–Crippen MR) is 83.3 cm³/mol. The van der Waals surface area contributed by atoms with Gasteiger partial charge in [-0.3, -0.25) is 4.79 Å². The molecule has 3 nitrogen and oxygen atoms in total. The second-order valence-corrected chi connectivity index (χ2v) is 7.15. The number of hydrogen-bond donors (Lipinski definition) is 1. The van der Waals surface area contributed by atoms with Crippen LogP contribution in [0.25, 0.3) is 0 Å². The van der Waals surface area contributed by atoms with Crippen LogP contribution in [-0.4, -0.2) is 11.5 Å². The number of carbonyl (C=O) groups is 1. The molecule has 1 aromatic rings. The molecule has 1 aliphatic heterocycles. The molecule has 1 atom stereocenters. The second-order valence-electron chi connectivity index (χ2n) is 7.15. The molecule has 1 fully saturated rings. The molecule has 1 aliphatic carbocycles. The van der Waals surface area contributed by atoms with E-state index in [1.165, 1.54) is 18.4 Å². The van der Waals surface area contributed by atoms with Crippen LogP contribution in [0.15, 0.2) is 18.2 Å². The third-order valence-electron chi connectivity index (χ3n) is 4.67. The van der Waals surface area contributed by atoms with Gasteiger partial charge in [0.2, 0.25) is 5.91 Å². The first-order valence-corrected chi connectivity index (χ1v) is 8.04. The highest BCUT2D eigenvalue weighted by Crippen LogP contribution is 2.40. The van der Waals surface area contributed by atoms with Gasteiger partial charge < -0.3 is 10.1 Å². The standard InChI is InChI=1S/C18H25NO2/c1-12-8-9-16-14(10-12)15(11-18(2,3)21-16)19-17(20)13-6-4-5-7-13/h8-10,13,15H,4-7,11H2,1-3H3,(H,19,20)/t15-/m0/s1. The Hall–Kier alpha value is -1.51. The summed E-state index contributed by atoms with van der Waals surface area (Å²) in [7, 11) is 0. The van der Waals surface area contributed by atoms with E-state index in [4.69, 9.17) is 4.74 Å². The maximum absolute atomic E-state index is 12.5. The molecule has 114 valence electrons. The van der Waals surface area contributed by atoms with Crippen LogP contribution in [0, 0.1) is 12.8 Å². The van der Waals surface area contributed by atoms with Crippen molar-refractivity contribution in [2.45, 2.75) is 64.5 Å². The van der Waals surface area contributed by atoms with Gasteiger partial charge in [-0.1, -0.05) is 30.5 Å². The lowest BCUT2D eigenvalue weighted by molar-refractivity contribution is -0.126. The molecule has 1 heterocycles. The number of fused-ring (bicyclic) bond motifs is 1. The highest BCUT2D eigenvalue weighted by molar-refractivity contribution is 5.79. The van der Waals surface area contributed by atoms with Gasteiger partial charge in [0.05, 0.1) is 6.04 Å². The van der Waals surface area contributed by atoms with Crippen LogP contribution in [0.4, 0.5) is 0 Å². The summed E-state index contributed by atoms with van der Waals surface area (Å²) in [6, 6.07) is 6.30. The van der Waals surface area contributed by atoms with Crippen molar-refractivity contribution < 1.29 is 9.53 Å². The molecule has 0 unspecified atom stereocenters. The fraction of sp³-hybridized carbons (Fsp3) is 0.611. The van der Waals surface area contributed by atoms with Crippen LogP contribution in [0.1, 0.15) is 63.1 Å². The average molecular weight is 287 g/mol. The van der Waals surface area contributed by atoms with E-state index in [0.717, 1.165) is 30.6 Å². The van der Waals surface area contributed by atoms with Crippen LogP contribution in [0.3, 0.4) is 0 Å². The number of benzene rings is 1. The van der Waals surface area contributed by atoms with Gasteiger partial charge in [0, 0.05) is 17.9 Å². The molecule has 2 aliphatic rings. The van der Waals surface area contributed by atoms with Crippen LogP contribution < -0.4 is 10.1 Å². The first kappa shape index (κ1) is 14.4. The highest BCUT2D eigenvalue weighted by Gasteiger charge is 2.35. The maximum atomic E-state index is 12.5. The van der Waals surface area contributed by atoms with Crippen molar-refractivity contribution in [3.8, 4) is 5.75 Å². The van der Waals surface area contributed by atoms with Crippen LogP contribution in [0.5, 0.6) is 5.75 Å². The number of aryl methyl sites for hydroxylation is 1. The topological polar surface area (TPSA) is 38.3 Å². The fourth-order valence-corrected chi connectivity index (χ4v) is 3.58. The molecular formula is C18H25NO2. The second kappa shape index (κ2) is 5.36. The summed E-state index contributed by atoms with van der Waals surface area (Å²) in [6.45, 7) is 6.25. The van der Waals surface area contributed by atoms with E-state index in [-0.39, 0.29) is 23.5 Å². The molecule has 0 bridgehead atoms. The minimum Gasteiger partial charge on any atom is -0.487 e. The van der Waals surface area contributed by atoms with Crippen molar-refractivity contribution in [1.29, 1.82) is 0 Å². The summed E-state index contributed by atoms with van der Waals surface area (Å²) >= 11 is 0. The Labute approximate surface area is 127 Å². The number of ether oxygens (including phenoxy) is 1. The smallest absolute Gasteiger partial charge is 0.223 e. The molecule has 1 aromatic carbocycles. The Kier molecular flexibility index (Phi) is 3.68. The predicted octanol–water partition coefficient (Wildman–Crippen LogP) is 3.90. The van der Waals surface area contributed by atoms with Crippen molar-refractivity contribution in [3.63, 3.8) is 0 Å². The molecule has 1 saturated carbocycles. The van der Waals surface area contributed by atoms with E-state index in [1.54, 1.807) is 0 Å². The summed E-state index contributed by atoms with van der Waals surface area (Å²) in [6.07, 6.45) is 5.28. The van der Waals surface area contributed by atoms with Crippen molar-refractivity contribution in [2.24, 2.45) is 5.92 Å². The van der Waals surface area contributed by atoms with Crippen molar-refractivity contribution in [1.82, 2.24) is 5.32 Å². The van der Waals surface area contributed by atoms with Crippen LogP contribution >= 0.6 is 0 Å². The molecule has 3 heteroatoms. The Balaban J connectivity index is 1.83. The van der Waals surface area contributed by atoms with Gasteiger partial charge in [0.1, 0.15) is 11.4 Å². The normalized spacial score (nSPS) is 24.2. The number of hydrogen-bond acceptors (Lipinski definition) is 2. The minimum absolute atomic E-state index is 0.0664. The van der Waals surface area contributed by atoms with Gasteiger partial charge in [-0.25, -0.2) is 0 Å². The zero-order valence-corrected chi connectivity index (χ0v) is 13.2. The highest BCUT2D eigenvalue weighted by atomic mass is 16.5. The number of amides is 1. The fourth-order valence-electron chi connectivity index (χ4n) is 3.58. The molecule has 1 N–H and O–H groups in total. The van der Waals surface area contributed by atoms with Gasteiger partial charge in [-0.2, -0.15) is 0 Å². The van der Waals surface area contributed by atoms with Crippen molar-refractivity contribution in [2.75, 3.05) is 0 Å². The summed E-state index contributed by atoms with van der Waals surface area (Å²) in [5.41, 5.74) is 2.09. The lowest BCUT2D eigenvalue weighted by Gasteiger charge is -2.38. The Morgan fingerprint density at radius 1 is 1.29 bits per heavy atom. The maximum Gasteiger partial charge on any atom is 0.223 e. The third-order valence-corrected chi connectivity index (χ3v) is 4.67. The van der Waals surface area contributed by atoms with Gasteiger partial charge in [0.15, 0.2) is 0 Å². The lowest BCUT2D eigenvalue weighted by atomic mass is 9.88. The number of carbonyl (C=O) groups excluding carboxylic acids is 1. The average Bonchev–Trinajstić information content (AvgIpc) is 2.93. The largest absolute Gasteiger partial charge is 0.487 e. The van der Waals surface area contributed by atoms with E-state index < -0.39 is 0 Å². The summed E-state index contributed by atoms with van der Waals surface area (Å²) in [5, 5.41) is 3.28. The first-order chi connectivity index (χ1) is 9.94. The summed E-state index contributed by atoms with van der Waals surface area (Å²) in [5.74, 6) is 1.35. The molecule has 0 saturated heterocycles. The summed E-state index contributed by atoms with van der Waals surface area (Å²) in [4.78, 5) is 12.5. The van der Waals surface area contributed by atoms with Gasteiger partial charge in [0.25, 0.3) is 0 Å². The molecule has 21 heavy (non-hydrogen) atoms. The van der Waals surface area contributed by atoms with E-state index >= 15 is 0 Å². The molecule has 0 aromatic heterocycles. The third kappa shape index (κ3) is 3.07. The minimum atomic E-state index is -0.240. The SMILES string of the molecule is Cc1ccc2c(c1)[C@@H](NC(=O)C1CCCC1)CC(C)(C)O2. The van der Waals surface area contributed by atoms with Gasteiger partial charge in [-0.05, 0) is 39.7 Å². The summed E-state index contributed by atoms with van der Waals surface area (Å²) < 4.78 is 6.06. The molecule has 0 spiro atoms. The number of nitrogens with one attached hydrogen (secondary N) is 1.